The van der Waals surface area contributed by atoms with Gasteiger partial charge in [0.2, 0.25) is 0 Å². The number of Topliss-reactive ketones (excluding diaryl/α,β-unsaturated/α-hetero) is 1. The van der Waals surface area contributed by atoms with Crippen LogP contribution in [0, 0.1) is 13.8 Å². The van der Waals surface area contributed by atoms with E-state index in [1.54, 1.807) is 19.1 Å². The second-order valence-electron chi connectivity index (χ2n) is 4.42. The first-order valence-corrected chi connectivity index (χ1v) is 5.57. The molecule has 1 aliphatic heterocycles. The van der Waals surface area contributed by atoms with E-state index in [4.69, 9.17) is 5.11 Å². The first-order chi connectivity index (χ1) is 8.36. The summed E-state index contributed by atoms with van der Waals surface area (Å²) in [7, 11) is 0. The Kier molecular flexibility index (Phi) is 2.69. The highest BCUT2D eigenvalue weighted by atomic mass is 16.4. The third-order valence-electron chi connectivity index (χ3n) is 3.35. The monoisotopic (exact) mass is 247 g/mol. The third kappa shape index (κ3) is 1.51. The molecular weight excluding hydrogens is 234 g/mol. The average Bonchev–Trinajstić information content (AvgIpc) is 2.57. The molecule has 0 aromatic heterocycles. The van der Waals surface area contributed by atoms with Crippen molar-refractivity contribution in [3.05, 3.63) is 28.8 Å². The average molecular weight is 247 g/mol. The molecule has 0 aliphatic carbocycles. The molecule has 0 saturated heterocycles. The highest BCUT2D eigenvalue weighted by molar-refractivity contribution is 6.53. The Morgan fingerprint density at radius 1 is 1.28 bits per heavy atom. The molecule has 1 aromatic carbocycles. The van der Waals surface area contributed by atoms with Crippen molar-refractivity contribution >= 4 is 23.3 Å². The standard InChI is InChI=1S/C13H13NO4/c1-6-4-5-9-10(7(6)2)14(8(3)13(17)18)12(16)11(9)15/h4-5,8H,1-3H3,(H,17,18). The summed E-state index contributed by atoms with van der Waals surface area (Å²) < 4.78 is 0. The van der Waals surface area contributed by atoms with E-state index < -0.39 is 23.7 Å². The lowest BCUT2D eigenvalue weighted by Gasteiger charge is -2.23. The Labute approximate surface area is 104 Å². The number of anilines is 1. The van der Waals surface area contributed by atoms with Gasteiger partial charge in [-0.15, -0.1) is 0 Å². The quantitative estimate of drug-likeness (QED) is 0.799. The van der Waals surface area contributed by atoms with Crippen LogP contribution in [-0.4, -0.2) is 28.8 Å². The molecule has 0 fully saturated rings. The number of carboxylic acids is 1. The number of rotatable bonds is 2. The fourth-order valence-electron chi connectivity index (χ4n) is 2.10. The number of aliphatic carboxylic acids is 1. The van der Waals surface area contributed by atoms with E-state index in [2.05, 4.69) is 0 Å². The van der Waals surface area contributed by atoms with Gasteiger partial charge in [-0.3, -0.25) is 14.5 Å². The smallest absolute Gasteiger partial charge is 0.326 e. The van der Waals surface area contributed by atoms with E-state index in [-0.39, 0.29) is 5.56 Å². The Morgan fingerprint density at radius 2 is 1.89 bits per heavy atom. The number of fused-ring (bicyclic) bond motifs is 1. The molecular formula is C13H13NO4. The molecule has 1 amide bonds. The molecule has 1 aromatic rings. The van der Waals surface area contributed by atoms with Crippen molar-refractivity contribution in [2.75, 3.05) is 4.90 Å². The first kappa shape index (κ1) is 12.3. The van der Waals surface area contributed by atoms with Gasteiger partial charge in [0.1, 0.15) is 6.04 Å². The summed E-state index contributed by atoms with van der Waals surface area (Å²) in [5.74, 6) is -2.54. The summed E-state index contributed by atoms with van der Waals surface area (Å²) in [6.07, 6.45) is 0. The summed E-state index contributed by atoms with van der Waals surface area (Å²) in [4.78, 5) is 35.8. The molecule has 5 heteroatoms. The van der Waals surface area contributed by atoms with Crippen molar-refractivity contribution in [1.29, 1.82) is 0 Å². The van der Waals surface area contributed by atoms with E-state index in [0.717, 1.165) is 16.0 Å². The van der Waals surface area contributed by atoms with E-state index in [1.807, 2.05) is 6.92 Å². The van der Waals surface area contributed by atoms with Gasteiger partial charge in [0.15, 0.2) is 0 Å². The first-order valence-electron chi connectivity index (χ1n) is 5.57. The van der Waals surface area contributed by atoms with Crippen LogP contribution >= 0.6 is 0 Å². The number of benzene rings is 1. The van der Waals surface area contributed by atoms with Crippen molar-refractivity contribution < 1.29 is 19.5 Å². The van der Waals surface area contributed by atoms with Crippen LogP contribution in [0.5, 0.6) is 0 Å². The second-order valence-corrected chi connectivity index (χ2v) is 4.42. The minimum atomic E-state index is -1.13. The Bertz CT molecular complexity index is 577. The molecule has 0 spiro atoms. The molecule has 1 heterocycles. The second kappa shape index (κ2) is 3.94. The van der Waals surface area contributed by atoms with E-state index >= 15 is 0 Å². The van der Waals surface area contributed by atoms with Crippen LogP contribution in [0.4, 0.5) is 5.69 Å². The molecule has 5 nitrogen and oxygen atoms in total. The molecule has 0 radical (unpaired) electrons. The Balaban J connectivity index is 2.67. The fourth-order valence-corrected chi connectivity index (χ4v) is 2.10. The molecule has 18 heavy (non-hydrogen) atoms. The lowest BCUT2D eigenvalue weighted by atomic mass is 10.0. The van der Waals surface area contributed by atoms with Crippen LogP contribution in [0.3, 0.4) is 0 Å². The van der Waals surface area contributed by atoms with Gasteiger partial charge >= 0.3 is 5.97 Å². The predicted octanol–water partition coefficient (Wildman–Crippen LogP) is 1.31. The number of ketones is 1. The van der Waals surface area contributed by atoms with E-state index in [0.29, 0.717) is 5.69 Å². The zero-order valence-electron chi connectivity index (χ0n) is 10.4. The predicted molar refractivity (Wildman–Crippen MR) is 64.8 cm³/mol. The normalized spacial score (nSPS) is 15.8. The minimum Gasteiger partial charge on any atom is -0.480 e. The third-order valence-corrected chi connectivity index (χ3v) is 3.35. The van der Waals surface area contributed by atoms with Crippen molar-refractivity contribution in [1.82, 2.24) is 0 Å². The van der Waals surface area contributed by atoms with Gasteiger partial charge < -0.3 is 5.11 Å². The number of carbonyl (C=O) groups excluding carboxylic acids is 2. The highest BCUT2D eigenvalue weighted by Gasteiger charge is 2.41. The number of aryl methyl sites for hydroxylation is 1. The van der Waals surface area contributed by atoms with Crippen molar-refractivity contribution in [3.63, 3.8) is 0 Å². The van der Waals surface area contributed by atoms with E-state index in [1.165, 1.54) is 6.92 Å². The van der Waals surface area contributed by atoms with Gasteiger partial charge in [-0.1, -0.05) is 6.07 Å². The summed E-state index contributed by atoms with van der Waals surface area (Å²) in [6, 6.07) is 2.28. The minimum absolute atomic E-state index is 0.288. The number of hydrogen-bond acceptors (Lipinski definition) is 3. The number of nitrogens with zero attached hydrogens (tertiary/aromatic N) is 1. The van der Waals surface area contributed by atoms with Crippen LogP contribution < -0.4 is 4.90 Å². The van der Waals surface area contributed by atoms with Crippen LogP contribution in [0.2, 0.25) is 0 Å². The lowest BCUT2D eigenvalue weighted by Crippen LogP contribution is -2.42. The molecule has 0 saturated carbocycles. The molecule has 1 unspecified atom stereocenters. The molecule has 1 aliphatic rings. The van der Waals surface area contributed by atoms with Crippen molar-refractivity contribution in [2.45, 2.75) is 26.8 Å². The molecule has 94 valence electrons. The van der Waals surface area contributed by atoms with E-state index in [9.17, 15) is 14.4 Å². The van der Waals surface area contributed by atoms with Crippen LogP contribution in [0.25, 0.3) is 0 Å². The van der Waals surface area contributed by atoms with Gasteiger partial charge in [-0.2, -0.15) is 0 Å². The summed E-state index contributed by atoms with van der Waals surface area (Å²) in [5.41, 5.74) is 2.40. The maximum atomic E-state index is 11.9. The molecule has 1 N–H and O–H groups in total. The van der Waals surface area contributed by atoms with Crippen molar-refractivity contribution in [3.8, 4) is 0 Å². The highest BCUT2D eigenvalue weighted by Crippen LogP contribution is 2.35. The van der Waals surface area contributed by atoms with Gasteiger partial charge in [0, 0.05) is 0 Å². The van der Waals surface area contributed by atoms with Crippen LogP contribution in [0.1, 0.15) is 28.4 Å². The zero-order chi connectivity index (χ0) is 13.6. The molecule has 1 atom stereocenters. The summed E-state index contributed by atoms with van der Waals surface area (Å²) >= 11 is 0. The summed E-state index contributed by atoms with van der Waals surface area (Å²) in [5, 5.41) is 9.03. The Hall–Kier alpha value is -2.17. The SMILES string of the molecule is Cc1ccc2c(c1C)N(C(C)C(=O)O)C(=O)C2=O. The zero-order valence-corrected chi connectivity index (χ0v) is 10.4. The summed E-state index contributed by atoms with van der Waals surface area (Å²) in [6.45, 7) is 5.03. The Morgan fingerprint density at radius 3 is 2.44 bits per heavy atom. The number of carbonyl (C=O) groups is 3. The number of carboxylic acid groups (broad SMARTS) is 1. The maximum absolute atomic E-state index is 11.9. The van der Waals surface area contributed by atoms with Crippen LogP contribution in [0.15, 0.2) is 12.1 Å². The van der Waals surface area contributed by atoms with Crippen molar-refractivity contribution in [2.24, 2.45) is 0 Å². The van der Waals surface area contributed by atoms with Gasteiger partial charge in [-0.05, 0) is 38.0 Å². The molecule has 0 bridgehead atoms. The van der Waals surface area contributed by atoms with Gasteiger partial charge in [0.05, 0.1) is 11.3 Å². The maximum Gasteiger partial charge on any atom is 0.326 e. The topological polar surface area (TPSA) is 74.7 Å². The fraction of sp³-hybridized carbons (Fsp3) is 0.308. The molecule has 2 rings (SSSR count). The van der Waals surface area contributed by atoms with Gasteiger partial charge in [0.25, 0.3) is 11.7 Å². The van der Waals surface area contributed by atoms with Crippen LogP contribution in [-0.2, 0) is 9.59 Å². The number of amides is 1. The largest absolute Gasteiger partial charge is 0.480 e. The van der Waals surface area contributed by atoms with Gasteiger partial charge in [-0.25, -0.2) is 4.79 Å². The number of hydrogen-bond donors (Lipinski definition) is 1. The lowest BCUT2D eigenvalue weighted by molar-refractivity contribution is -0.139.